The Morgan fingerprint density at radius 1 is 1.22 bits per heavy atom. The van der Waals surface area contributed by atoms with Crippen LogP contribution >= 0.6 is 11.6 Å². The number of phenolic OH excluding ortho intramolecular Hbond substituents is 2. The van der Waals surface area contributed by atoms with Gasteiger partial charge in [-0.15, -0.1) is 0 Å². The van der Waals surface area contributed by atoms with E-state index in [1.807, 2.05) is 0 Å². The molecule has 1 aromatic heterocycles. The first-order valence-electron chi connectivity index (χ1n) is 5.97. The zero-order chi connectivity index (χ0) is 17.3. The van der Waals surface area contributed by atoms with Gasteiger partial charge in [-0.3, -0.25) is 0 Å². The first-order valence-corrected chi connectivity index (χ1v) is 6.35. The van der Waals surface area contributed by atoms with Crippen molar-refractivity contribution in [2.75, 3.05) is 5.73 Å². The fraction of sp³-hybridized carbons (Fsp3) is 0. The first-order chi connectivity index (χ1) is 10.8. The van der Waals surface area contributed by atoms with Gasteiger partial charge in [0.2, 0.25) is 0 Å². The average Bonchev–Trinajstić information content (AvgIpc) is 2.50. The average molecular weight is 343 g/mol. The van der Waals surface area contributed by atoms with Gasteiger partial charge in [0.1, 0.15) is 11.5 Å². The Morgan fingerprint density at radius 2 is 1.83 bits per heavy atom. The Balaban J connectivity index is 2.89. The number of nitrogen functional groups attached to an aromatic ring is 1. The molecule has 0 saturated carbocycles. The summed E-state index contributed by atoms with van der Waals surface area (Å²) in [6.45, 7) is 0. The highest BCUT2D eigenvalue weighted by Gasteiger charge is 2.19. The number of rotatable bonds is 2. The number of anilines is 1. The Bertz CT molecular complexity index is 932. The van der Waals surface area contributed by atoms with Crippen LogP contribution in [0.15, 0.2) is 12.1 Å². The number of halogens is 3. The monoisotopic (exact) mass is 342 g/mol. The van der Waals surface area contributed by atoms with E-state index < -0.39 is 33.6 Å². The molecule has 0 amide bonds. The number of aromatic nitrogens is 1. The van der Waals surface area contributed by atoms with Gasteiger partial charge in [-0.2, -0.15) is 0 Å². The van der Waals surface area contributed by atoms with Crippen LogP contribution in [0.25, 0.3) is 23.9 Å². The molecule has 6 nitrogen and oxygen atoms in total. The summed E-state index contributed by atoms with van der Waals surface area (Å²) in [4.78, 5) is 14.8. The number of carbonyl (C=O) groups is 1. The van der Waals surface area contributed by atoms with E-state index in [1.165, 1.54) is 0 Å². The maximum atomic E-state index is 12.9. The number of hydrogen-bond donors (Lipinski definition) is 4. The SMILES string of the molecule is Nc1cc(-c2cc(O)c(=CF)c(=CF)c2O)nc(C(=O)O)c1Cl. The lowest BCUT2D eigenvalue weighted by molar-refractivity contribution is 0.0691. The second-order valence-corrected chi connectivity index (χ2v) is 4.78. The molecule has 0 bridgehead atoms. The first kappa shape index (κ1) is 16.5. The predicted molar refractivity (Wildman–Crippen MR) is 79.8 cm³/mol. The summed E-state index contributed by atoms with van der Waals surface area (Å²) in [5.41, 5.74) is 4.40. The molecule has 5 N–H and O–H groups in total. The normalized spacial score (nSPS) is 12.7. The van der Waals surface area contributed by atoms with E-state index in [2.05, 4.69) is 4.98 Å². The second-order valence-electron chi connectivity index (χ2n) is 4.40. The van der Waals surface area contributed by atoms with Crippen LogP contribution in [0.2, 0.25) is 5.02 Å². The minimum Gasteiger partial charge on any atom is -0.507 e. The third-order valence-corrected chi connectivity index (χ3v) is 3.44. The number of aromatic carboxylic acids is 1. The molecule has 0 radical (unpaired) electrons. The molecule has 0 aliphatic heterocycles. The molecule has 1 aromatic carbocycles. The number of carboxylic acid groups (broad SMARTS) is 1. The van der Waals surface area contributed by atoms with Crippen LogP contribution in [-0.4, -0.2) is 26.3 Å². The highest BCUT2D eigenvalue weighted by molar-refractivity contribution is 6.35. The molecule has 0 aliphatic carbocycles. The van der Waals surface area contributed by atoms with Gasteiger partial charge in [0.15, 0.2) is 5.69 Å². The number of pyridine rings is 1. The van der Waals surface area contributed by atoms with Crippen molar-refractivity contribution in [1.29, 1.82) is 0 Å². The van der Waals surface area contributed by atoms with E-state index >= 15 is 0 Å². The Kier molecular flexibility index (Phi) is 4.37. The van der Waals surface area contributed by atoms with Crippen LogP contribution < -0.4 is 16.2 Å². The zero-order valence-electron chi connectivity index (χ0n) is 11.2. The molecule has 23 heavy (non-hydrogen) atoms. The van der Waals surface area contributed by atoms with Gasteiger partial charge >= 0.3 is 5.97 Å². The zero-order valence-corrected chi connectivity index (χ0v) is 12.0. The topological polar surface area (TPSA) is 117 Å². The lowest BCUT2D eigenvalue weighted by Crippen LogP contribution is -2.24. The number of nitrogens with two attached hydrogens (primary N) is 1. The molecule has 0 spiro atoms. The number of nitrogens with zero attached hydrogens (tertiary/aromatic N) is 1. The van der Waals surface area contributed by atoms with E-state index in [0.29, 0.717) is 0 Å². The standard InChI is InChI=1S/C14H9ClF2N2O4/c15-11-8(18)2-9(19-12(11)14(22)23)5-1-10(20)6(3-16)7(4-17)13(5)21/h1-4,20-21H,(H2,18,19)(H,22,23). The minimum absolute atomic E-state index is 0.0867. The van der Waals surface area contributed by atoms with Gasteiger partial charge < -0.3 is 21.1 Å². The van der Waals surface area contributed by atoms with Crippen molar-refractivity contribution >= 4 is 35.9 Å². The number of phenols is 2. The maximum absolute atomic E-state index is 12.9. The summed E-state index contributed by atoms with van der Waals surface area (Å²) in [7, 11) is 0. The Morgan fingerprint density at radius 3 is 2.35 bits per heavy atom. The van der Waals surface area contributed by atoms with E-state index in [0.717, 1.165) is 12.1 Å². The van der Waals surface area contributed by atoms with Crippen LogP contribution in [0, 0.1) is 0 Å². The van der Waals surface area contributed by atoms with Crippen LogP contribution in [0.4, 0.5) is 14.5 Å². The third kappa shape index (κ3) is 2.76. The Hall–Kier alpha value is -2.87. The van der Waals surface area contributed by atoms with E-state index in [9.17, 15) is 23.8 Å². The van der Waals surface area contributed by atoms with Gasteiger partial charge in [-0.05, 0) is 12.1 Å². The highest BCUT2D eigenvalue weighted by Crippen LogP contribution is 2.32. The molecule has 0 unspecified atom stereocenters. The summed E-state index contributed by atoms with van der Waals surface area (Å²) < 4.78 is 25.6. The number of benzene rings is 1. The van der Waals surface area contributed by atoms with E-state index in [4.69, 9.17) is 22.4 Å². The van der Waals surface area contributed by atoms with Crippen molar-refractivity contribution in [3.8, 4) is 22.8 Å². The second kappa shape index (κ2) is 6.09. The smallest absolute Gasteiger partial charge is 0.356 e. The molecular formula is C14H9ClF2N2O4. The molecule has 9 heteroatoms. The van der Waals surface area contributed by atoms with Crippen LogP contribution in [0.3, 0.4) is 0 Å². The minimum atomic E-state index is -1.47. The van der Waals surface area contributed by atoms with Crippen LogP contribution in [0.5, 0.6) is 11.5 Å². The quantitative estimate of drug-likeness (QED) is 0.615. The molecule has 1 heterocycles. The molecule has 2 rings (SSSR count). The van der Waals surface area contributed by atoms with Gasteiger partial charge in [0, 0.05) is 5.56 Å². The fourth-order valence-electron chi connectivity index (χ4n) is 1.94. The van der Waals surface area contributed by atoms with Crippen molar-refractivity contribution in [3.05, 3.63) is 33.3 Å². The van der Waals surface area contributed by atoms with Crippen LogP contribution in [0.1, 0.15) is 10.5 Å². The number of carboxylic acids is 1. The van der Waals surface area contributed by atoms with Gasteiger partial charge in [-0.1, -0.05) is 11.6 Å². The highest BCUT2D eigenvalue weighted by atomic mass is 35.5. The summed E-state index contributed by atoms with van der Waals surface area (Å²) >= 11 is 5.72. The molecule has 2 aromatic rings. The Labute approximate surface area is 132 Å². The molecule has 0 saturated heterocycles. The molecule has 0 atom stereocenters. The van der Waals surface area contributed by atoms with Crippen LogP contribution in [-0.2, 0) is 0 Å². The van der Waals surface area contributed by atoms with Gasteiger partial charge in [0.25, 0.3) is 0 Å². The third-order valence-electron chi connectivity index (χ3n) is 3.04. The van der Waals surface area contributed by atoms with Gasteiger partial charge in [-0.25, -0.2) is 18.6 Å². The molecule has 120 valence electrons. The number of aromatic hydroxyl groups is 2. The van der Waals surface area contributed by atoms with Crippen molar-refractivity contribution in [1.82, 2.24) is 4.98 Å². The van der Waals surface area contributed by atoms with Gasteiger partial charge in [0.05, 0.1) is 39.5 Å². The maximum Gasteiger partial charge on any atom is 0.356 e. The molecular weight excluding hydrogens is 334 g/mol. The van der Waals surface area contributed by atoms with Crippen molar-refractivity contribution in [2.24, 2.45) is 0 Å². The van der Waals surface area contributed by atoms with Crippen molar-refractivity contribution in [3.63, 3.8) is 0 Å². The van der Waals surface area contributed by atoms with E-state index in [1.54, 1.807) is 0 Å². The largest absolute Gasteiger partial charge is 0.507 e. The summed E-state index contributed by atoms with van der Waals surface area (Å²) in [6.07, 6.45) is -0.197. The summed E-state index contributed by atoms with van der Waals surface area (Å²) in [6, 6.07) is 2.03. The summed E-state index contributed by atoms with van der Waals surface area (Å²) in [5.74, 6) is -2.91. The predicted octanol–water partition coefficient (Wildman–Crippen LogP) is 1.51. The summed E-state index contributed by atoms with van der Waals surface area (Å²) in [5, 5.41) is 27.3. The fourth-order valence-corrected chi connectivity index (χ4v) is 2.12. The van der Waals surface area contributed by atoms with E-state index in [-0.39, 0.29) is 34.6 Å². The molecule has 0 fully saturated rings. The van der Waals surface area contributed by atoms with Crippen molar-refractivity contribution in [2.45, 2.75) is 0 Å². The van der Waals surface area contributed by atoms with Crippen molar-refractivity contribution < 1.29 is 28.9 Å². The molecule has 0 aliphatic rings. The number of hydrogen-bond acceptors (Lipinski definition) is 5. The lowest BCUT2D eigenvalue weighted by atomic mass is 10.1. The lowest BCUT2D eigenvalue weighted by Gasteiger charge is -2.10.